The number of urea groups is 1. The molecule has 0 saturated carbocycles. The highest BCUT2D eigenvalue weighted by Crippen LogP contribution is 2.25. The topological polar surface area (TPSA) is 99.5 Å². The van der Waals surface area contributed by atoms with Crippen molar-refractivity contribution in [3.05, 3.63) is 100 Å². The predicted molar refractivity (Wildman–Crippen MR) is 127 cm³/mol. The first-order valence-electron chi connectivity index (χ1n) is 10.6. The third-order valence-corrected chi connectivity index (χ3v) is 5.29. The summed E-state index contributed by atoms with van der Waals surface area (Å²) in [6.45, 7) is 3.97. The number of benzene rings is 3. The summed E-state index contributed by atoms with van der Waals surface area (Å²) in [6.07, 6.45) is 1.44. The van der Waals surface area contributed by atoms with E-state index < -0.39 is 17.8 Å². The van der Waals surface area contributed by atoms with Gasteiger partial charge in [0.05, 0.1) is 17.3 Å². The highest BCUT2D eigenvalue weighted by atomic mass is 16.5. The minimum atomic E-state index is -0.779. The van der Waals surface area contributed by atoms with Crippen LogP contribution in [0.25, 0.3) is 6.08 Å². The van der Waals surface area contributed by atoms with Crippen molar-refractivity contribution in [1.82, 2.24) is 5.32 Å². The summed E-state index contributed by atoms with van der Waals surface area (Å²) in [6, 6.07) is 20.7. The minimum absolute atomic E-state index is 0.143. The van der Waals surface area contributed by atoms with Crippen molar-refractivity contribution in [2.75, 3.05) is 4.90 Å². The maximum atomic E-state index is 13.1. The number of ether oxygens (including phenoxy) is 1. The van der Waals surface area contributed by atoms with Crippen LogP contribution in [-0.4, -0.2) is 17.8 Å². The van der Waals surface area contributed by atoms with Crippen LogP contribution in [-0.2, 0) is 16.2 Å². The van der Waals surface area contributed by atoms with Gasteiger partial charge in [-0.05, 0) is 66.9 Å². The molecule has 34 heavy (non-hydrogen) atoms. The summed E-state index contributed by atoms with van der Waals surface area (Å²) >= 11 is 0. The lowest BCUT2D eigenvalue weighted by Crippen LogP contribution is -2.54. The molecule has 7 heteroatoms. The molecule has 0 radical (unpaired) electrons. The van der Waals surface area contributed by atoms with Crippen LogP contribution in [0.4, 0.5) is 10.5 Å². The fraction of sp³-hybridized carbons (Fsp3) is 0.111. The highest BCUT2D eigenvalue weighted by Gasteiger charge is 2.36. The number of aryl methyl sites for hydroxylation is 2. The lowest BCUT2D eigenvalue weighted by molar-refractivity contribution is -0.122. The van der Waals surface area contributed by atoms with Crippen LogP contribution in [0.15, 0.2) is 72.3 Å². The second kappa shape index (κ2) is 9.43. The van der Waals surface area contributed by atoms with Crippen molar-refractivity contribution in [2.24, 2.45) is 0 Å². The Morgan fingerprint density at radius 1 is 0.971 bits per heavy atom. The van der Waals surface area contributed by atoms with Gasteiger partial charge in [-0.1, -0.05) is 36.4 Å². The molecule has 1 aliphatic rings. The Hall–Kier alpha value is -4.70. The lowest BCUT2D eigenvalue weighted by atomic mass is 10.1. The van der Waals surface area contributed by atoms with Gasteiger partial charge in [-0.15, -0.1) is 0 Å². The number of rotatable bonds is 5. The summed E-state index contributed by atoms with van der Waals surface area (Å²) in [7, 11) is 0. The molecule has 1 saturated heterocycles. The molecule has 4 amide bonds. The molecule has 4 rings (SSSR count). The van der Waals surface area contributed by atoms with Gasteiger partial charge in [-0.2, -0.15) is 5.26 Å². The summed E-state index contributed by atoms with van der Waals surface area (Å²) in [4.78, 5) is 38.9. The molecular formula is C27H21N3O4. The molecule has 1 aliphatic heterocycles. The first-order valence-corrected chi connectivity index (χ1v) is 10.6. The van der Waals surface area contributed by atoms with Crippen LogP contribution >= 0.6 is 0 Å². The highest BCUT2D eigenvalue weighted by molar-refractivity contribution is 6.39. The maximum Gasteiger partial charge on any atom is 0.335 e. The Kier molecular flexibility index (Phi) is 6.24. The summed E-state index contributed by atoms with van der Waals surface area (Å²) in [5.41, 5.74) is 3.97. The van der Waals surface area contributed by atoms with E-state index in [1.165, 1.54) is 6.08 Å². The molecule has 0 aliphatic carbocycles. The molecule has 0 bridgehead atoms. The number of amides is 4. The number of hydrogen-bond acceptors (Lipinski definition) is 5. The second-order valence-electron chi connectivity index (χ2n) is 7.93. The number of carbonyl (C=O) groups is 3. The van der Waals surface area contributed by atoms with Crippen molar-refractivity contribution < 1.29 is 19.1 Å². The molecule has 3 aromatic rings. The van der Waals surface area contributed by atoms with Gasteiger partial charge >= 0.3 is 6.03 Å². The molecule has 1 N–H and O–H groups in total. The molecule has 0 aromatic heterocycles. The number of nitrogens with one attached hydrogen (secondary N) is 1. The smallest absolute Gasteiger partial charge is 0.335 e. The van der Waals surface area contributed by atoms with Gasteiger partial charge in [0.25, 0.3) is 11.8 Å². The van der Waals surface area contributed by atoms with Crippen molar-refractivity contribution >= 4 is 29.6 Å². The van der Waals surface area contributed by atoms with Gasteiger partial charge in [-0.3, -0.25) is 14.9 Å². The van der Waals surface area contributed by atoms with E-state index in [1.54, 1.807) is 48.5 Å². The summed E-state index contributed by atoms with van der Waals surface area (Å²) in [5, 5.41) is 11.4. The van der Waals surface area contributed by atoms with Gasteiger partial charge in [0.15, 0.2) is 0 Å². The van der Waals surface area contributed by atoms with Gasteiger partial charge in [-0.25, -0.2) is 9.69 Å². The van der Waals surface area contributed by atoms with Gasteiger partial charge in [0.1, 0.15) is 17.9 Å². The van der Waals surface area contributed by atoms with E-state index in [0.29, 0.717) is 22.6 Å². The number of anilines is 1. The molecule has 168 valence electrons. The minimum Gasteiger partial charge on any atom is -0.489 e. The number of imide groups is 2. The molecule has 0 unspecified atom stereocenters. The number of carbonyl (C=O) groups excluding carboxylic acids is 3. The average molecular weight is 451 g/mol. The Morgan fingerprint density at radius 3 is 2.32 bits per heavy atom. The first kappa shape index (κ1) is 22.5. The second-order valence-corrected chi connectivity index (χ2v) is 7.93. The number of nitriles is 1. The molecule has 0 spiro atoms. The third-order valence-electron chi connectivity index (χ3n) is 5.29. The normalized spacial score (nSPS) is 14.7. The van der Waals surface area contributed by atoms with Crippen molar-refractivity contribution in [1.29, 1.82) is 5.26 Å². The summed E-state index contributed by atoms with van der Waals surface area (Å²) in [5.74, 6) is -0.863. The van der Waals surface area contributed by atoms with Crippen LogP contribution in [0.5, 0.6) is 5.75 Å². The zero-order chi connectivity index (χ0) is 24.2. The fourth-order valence-corrected chi connectivity index (χ4v) is 3.71. The quantitative estimate of drug-likeness (QED) is 0.457. The van der Waals surface area contributed by atoms with Crippen LogP contribution in [0, 0.1) is 25.2 Å². The van der Waals surface area contributed by atoms with Gasteiger partial charge in [0, 0.05) is 5.56 Å². The standard InChI is InChI=1S/C27H21N3O4/c1-17-11-18(2)13-22(12-17)30-26(32)24(25(31)29-27(30)33)14-19-7-9-23(10-8-19)34-16-21-6-4-3-5-20(21)15-28/h3-14H,16H2,1-2H3,(H,29,31,33)/b24-14+. The van der Waals surface area contributed by atoms with Crippen LogP contribution < -0.4 is 15.0 Å². The number of hydrogen-bond donors (Lipinski definition) is 1. The van der Waals surface area contributed by atoms with E-state index >= 15 is 0 Å². The van der Waals surface area contributed by atoms with Crippen LogP contribution in [0.1, 0.15) is 27.8 Å². The van der Waals surface area contributed by atoms with Crippen LogP contribution in [0.2, 0.25) is 0 Å². The van der Waals surface area contributed by atoms with Crippen molar-refractivity contribution in [3.63, 3.8) is 0 Å². The SMILES string of the molecule is Cc1cc(C)cc(N2C(=O)NC(=O)/C(=C\c3ccc(OCc4ccccc4C#N)cc3)C2=O)c1. The number of nitrogens with zero attached hydrogens (tertiary/aromatic N) is 2. The van der Waals surface area contributed by atoms with E-state index in [0.717, 1.165) is 21.6 Å². The molecule has 1 heterocycles. The van der Waals surface area contributed by atoms with Crippen molar-refractivity contribution in [2.45, 2.75) is 20.5 Å². The van der Waals surface area contributed by atoms with E-state index in [-0.39, 0.29) is 12.2 Å². The first-order chi connectivity index (χ1) is 16.4. The van der Waals surface area contributed by atoms with E-state index in [4.69, 9.17) is 4.74 Å². The summed E-state index contributed by atoms with van der Waals surface area (Å²) < 4.78 is 5.76. The van der Waals surface area contributed by atoms with Crippen molar-refractivity contribution in [3.8, 4) is 11.8 Å². The maximum absolute atomic E-state index is 13.1. The number of barbiturate groups is 1. The zero-order valence-electron chi connectivity index (χ0n) is 18.7. The lowest BCUT2D eigenvalue weighted by Gasteiger charge is -2.27. The van der Waals surface area contributed by atoms with E-state index in [1.807, 2.05) is 32.0 Å². The average Bonchev–Trinajstić information content (AvgIpc) is 2.80. The third kappa shape index (κ3) is 4.71. The Bertz CT molecular complexity index is 1350. The molecule has 1 fully saturated rings. The predicted octanol–water partition coefficient (Wildman–Crippen LogP) is 4.42. The molecule has 3 aromatic carbocycles. The molecular weight excluding hydrogens is 430 g/mol. The Labute approximate surface area is 196 Å². The van der Waals surface area contributed by atoms with Crippen LogP contribution in [0.3, 0.4) is 0 Å². The van der Waals surface area contributed by atoms with Gasteiger partial charge < -0.3 is 4.74 Å². The molecule has 7 nitrogen and oxygen atoms in total. The fourth-order valence-electron chi connectivity index (χ4n) is 3.71. The Balaban J connectivity index is 1.54. The Morgan fingerprint density at radius 2 is 1.65 bits per heavy atom. The monoisotopic (exact) mass is 451 g/mol. The van der Waals surface area contributed by atoms with Gasteiger partial charge in [0.2, 0.25) is 0 Å². The zero-order valence-corrected chi connectivity index (χ0v) is 18.7. The van der Waals surface area contributed by atoms with E-state index in [2.05, 4.69) is 11.4 Å². The largest absolute Gasteiger partial charge is 0.489 e. The van der Waals surface area contributed by atoms with E-state index in [9.17, 15) is 19.6 Å². The molecule has 0 atom stereocenters.